The second-order valence-corrected chi connectivity index (χ2v) is 4.97. The van der Waals surface area contributed by atoms with Crippen LogP contribution in [-0.4, -0.2) is 37.5 Å². The molecule has 2 rings (SSSR count). The molecule has 0 aliphatic carbocycles. The maximum atomic E-state index is 5.63. The van der Waals surface area contributed by atoms with Gasteiger partial charge in [0, 0.05) is 19.2 Å². The van der Waals surface area contributed by atoms with Crippen LogP contribution in [0.15, 0.2) is 27.7 Å². The summed E-state index contributed by atoms with van der Waals surface area (Å²) in [7, 11) is 2.07. The van der Waals surface area contributed by atoms with Gasteiger partial charge in [-0.1, -0.05) is 6.92 Å². The summed E-state index contributed by atoms with van der Waals surface area (Å²) >= 11 is 3.55. The number of aliphatic imine (C=N–C) groups is 1. The minimum absolute atomic E-state index is 0.749. The highest BCUT2D eigenvalue weighted by molar-refractivity contribution is 9.10. The fraction of sp³-hybridized carbons (Fsp3) is 0.462. The molecule has 0 saturated carbocycles. The van der Waals surface area contributed by atoms with Crippen LogP contribution in [0.2, 0.25) is 0 Å². The molecule has 1 aliphatic rings. The van der Waals surface area contributed by atoms with E-state index >= 15 is 0 Å². The van der Waals surface area contributed by atoms with E-state index in [0.29, 0.717) is 0 Å². The van der Waals surface area contributed by atoms with E-state index in [9.17, 15) is 0 Å². The van der Waals surface area contributed by atoms with E-state index < -0.39 is 0 Å². The molecule has 1 heterocycles. The predicted molar refractivity (Wildman–Crippen MR) is 74.0 cm³/mol. The van der Waals surface area contributed by atoms with Crippen molar-refractivity contribution in [1.29, 1.82) is 0 Å². The number of hydrogen-bond acceptors (Lipinski definition) is 3. The summed E-state index contributed by atoms with van der Waals surface area (Å²) in [5, 5.41) is 0. The van der Waals surface area contributed by atoms with E-state index in [4.69, 9.17) is 4.74 Å². The Balaban J connectivity index is 2.19. The van der Waals surface area contributed by atoms with Crippen molar-refractivity contribution in [2.75, 3.05) is 26.7 Å². The van der Waals surface area contributed by atoms with Gasteiger partial charge in [0.1, 0.15) is 11.6 Å². The molecule has 0 unspecified atom stereocenters. The Labute approximate surface area is 111 Å². The third-order valence-corrected chi connectivity index (χ3v) is 3.33. The first-order valence-electron chi connectivity index (χ1n) is 5.90. The average molecular weight is 297 g/mol. The van der Waals surface area contributed by atoms with Crippen LogP contribution in [0.25, 0.3) is 0 Å². The van der Waals surface area contributed by atoms with Gasteiger partial charge < -0.3 is 9.64 Å². The van der Waals surface area contributed by atoms with Crippen LogP contribution in [0, 0.1) is 0 Å². The summed E-state index contributed by atoms with van der Waals surface area (Å²) < 4.78 is 6.62. The first-order valence-corrected chi connectivity index (χ1v) is 6.70. The minimum atomic E-state index is 0.749. The molecule has 0 N–H and O–H groups in total. The van der Waals surface area contributed by atoms with Gasteiger partial charge in [0.2, 0.25) is 0 Å². The molecule has 0 bridgehead atoms. The summed E-state index contributed by atoms with van der Waals surface area (Å²) in [5.74, 6) is 1.96. The Bertz CT molecular complexity index is 431. The standard InChI is InChI=1S/C13H17BrN2O/c1-3-8-17-12-5-4-10(9-11(12)14)13-15-6-7-16(13)2/h4-5,9H,3,6-8H2,1-2H3. The summed E-state index contributed by atoms with van der Waals surface area (Å²) in [4.78, 5) is 6.68. The van der Waals surface area contributed by atoms with E-state index in [-0.39, 0.29) is 0 Å². The van der Waals surface area contributed by atoms with Crippen molar-refractivity contribution in [2.45, 2.75) is 13.3 Å². The van der Waals surface area contributed by atoms with Gasteiger partial charge in [-0.25, -0.2) is 0 Å². The molecule has 17 heavy (non-hydrogen) atoms. The van der Waals surface area contributed by atoms with Crippen molar-refractivity contribution >= 4 is 21.8 Å². The van der Waals surface area contributed by atoms with Crippen LogP contribution in [0.4, 0.5) is 0 Å². The SMILES string of the molecule is CCCOc1ccc(C2=NCCN2C)cc1Br. The molecule has 92 valence electrons. The Morgan fingerprint density at radius 1 is 1.47 bits per heavy atom. The van der Waals surface area contributed by atoms with Crippen LogP contribution >= 0.6 is 15.9 Å². The van der Waals surface area contributed by atoms with Crippen molar-refractivity contribution in [2.24, 2.45) is 4.99 Å². The van der Waals surface area contributed by atoms with Crippen LogP contribution in [-0.2, 0) is 0 Å². The van der Waals surface area contributed by atoms with E-state index in [1.807, 2.05) is 6.07 Å². The molecule has 0 amide bonds. The largest absolute Gasteiger partial charge is 0.492 e. The summed E-state index contributed by atoms with van der Waals surface area (Å²) in [5.41, 5.74) is 1.14. The number of amidine groups is 1. The molecule has 1 aliphatic heterocycles. The van der Waals surface area contributed by atoms with Gasteiger partial charge in [-0.2, -0.15) is 0 Å². The third-order valence-electron chi connectivity index (χ3n) is 2.71. The zero-order chi connectivity index (χ0) is 12.3. The van der Waals surface area contributed by atoms with Crippen molar-refractivity contribution in [3.8, 4) is 5.75 Å². The lowest BCUT2D eigenvalue weighted by molar-refractivity contribution is 0.315. The van der Waals surface area contributed by atoms with E-state index in [1.165, 1.54) is 0 Å². The Morgan fingerprint density at radius 3 is 2.88 bits per heavy atom. The van der Waals surface area contributed by atoms with Gasteiger partial charge in [-0.05, 0) is 40.5 Å². The fourth-order valence-corrected chi connectivity index (χ4v) is 2.31. The second-order valence-electron chi connectivity index (χ2n) is 4.12. The number of ether oxygens (including phenoxy) is 1. The third kappa shape index (κ3) is 2.80. The van der Waals surface area contributed by atoms with Gasteiger partial charge in [0.25, 0.3) is 0 Å². The summed E-state index contributed by atoms with van der Waals surface area (Å²) in [6.07, 6.45) is 1.02. The molecule has 0 radical (unpaired) electrons. The van der Waals surface area contributed by atoms with E-state index in [1.54, 1.807) is 0 Å². The predicted octanol–water partition coefficient (Wildman–Crippen LogP) is 2.93. The first kappa shape index (κ1) is 12.4. The molecular weight excluding hydrogens is 280 g/mol. The zero-order valence-corrected chi connectivity index (χ0v) is 11.8. The van der Waals surface area contributed by atoms with Gasteiger partial charge in [-0.3, -0.25) is 4.99 Å². The van der Waals surface area contributed by atoms with Crippen molar-refractivity contribution in [3.63, 3.8) is 0 Å². The van der Waals surface area contributed by atoms with Gasteiger partial charge in [-0.15, -0.1) is 0 Å². The van der Waals surface area contributed by atoms with E-state index in [2.05, 4.69) is 51.9 Å². The maximum absolute atomic E-state index is 5.63. The molecule has 1 aromatic carbocycles. The number of hydrogen-bond donors (Lipinski definition) is 0. The van der Waals surface area contributed by atoms with Crippen LogP contribution in [0.5, 0.6) is 5.75 Å². The fourth-order valence-electron chi connectivity index (χ4n) is 1.81. The summed E-state index contributed by atoms with van der Waals surface area (Å²) in [6, 6.07) is 6.14. The van der Waals surface area contributed by atoms with Gasteiger partial charge in [0.05, 0.1) is 17.6 Å². The Morgan fingerprint density at radius 2 is 2.29 bits per heavy atom. The second kappa shape index (κ2) is 5.54. The highest BCUT2D eigenvalue weighted by atomic mass is 79.9. The summed E-state index contributed by atoms with van der Waals surface area (Å²) in [6.45, 7) is 4.74. The lowest BCUT2D eigenvalue weighted by Gasteiger charge is -2.15. The topological polar surface area (TPSA) is 24.8 Å². The molecular formula is C13H17BrN2O. The van der Waals surface area contributed by atoms with Gasteiger partial charge in [0.15, 0.2) is 0 Å². The number of benzene rings is 1. The van der Waals surface area contributed by atoms with Crippen molar-refractivity contribution in [3.05, 3.63) is 28.2 Å². The smallest absolute Gasteiger partial charge is 0.133 e. The Hall–Kier alpha value is -1.03. The van der Waals surface area contributed by atoms with Crippen molar-refractivity contribution < 1.29 is 4.74 Å². The molecule has 0 saturated heterocycles. The number of likely N-dealkylation sites (N-methyl/N-ethyl adjacent to an activating group) is 1. The highest BCUT2D eigenvalue weighted by Crippen LogP contribution is 2.27. The monoisotopic (exact) mass is 296 g/mol. The highest BCUT2D eigenvalue weighted by Gasteiger charge is 2.15. The zero-order valence-electron chi connectivity index (χ0n) is 10.2. The average Bonchev–Trinajstić information content (AvgIpc) is 2.74. The lowest BCUT2D eigenvalue weighted by atomic mass is 10.2. The quantitative estimate of drug-likeness (QED) is 0.853. The molecule has 1 aromatic rings. The first-order chi connectivity index (χ1) is 8.22. The molecule has 0 fully saturated rings. The number of halogens is 1. The normalized spacial score (nSPS) is 15.0. The molecule has 3 nitrogen and oxygen atoms in total. The minimum Gasteiger partial charge on any atom is -0.492 e. The van der Waals surface area contributed by atoms with Gasteiger partial charge >= 0.3 is 0 Å². The molecule has 0 atom stereocenters. The van der Waals surface area contributed by atoms with E-state index in [0.717, 1.165) is 47.7 Å². The number of nitrogens with zero attached hydrogens (tertiary/aromatic N) is 2. The van der Waals surface area contributed by atoms with Crippen LogP contribution in [0.3, 0.4) is 0 Å². The molecule has 4 heteroatoms. The lowest BCUT2D eigenvalue weighted by Crippen LogP contribution is -2.23. The van der Waals surface area contributed by atoms with Crippen LogP contribution in [0.1, 0.15) is 18.9 Å². The number of rotatable bonds is 4. The Kier molecular flexibility index (Phi) is 4.05. The maximum Gasteiger partial charge on any atom is 0.133 e. The van der Waals surface area contributed by atoms with Crippen LogP contribution < -0.4 is 4.74 Å². The molecule has 0 spiro atoms. The molecule has 0 aromatic heterocycles. The van der Waals surface area contributed by atoms with Crippen molar-refractivity contribution in [1.82, 2.24) is 4.90 Å².